The van der Waals surface area contributed by atoms with E-state index in [1.54, 1.807) is 0 Å². The first-order chi connectivity index (χ1) is 22.9. The van der Waals surface area contributed by atoms with E-state index in [-0.39, 0.29) is 28.5 Å². The third-order valence-corrected chi connectivity index (χ3v) is 13.2. The molecule has 2 aliphatic heterocycles. The van der Waals surface area contributed by atoms with Crippen LogP contribution in [-0.2, 0) is 25.5 Å². The molecule has 2 aromatic heterocycles. The molecule has 2 aliphatic rings. The van der Waals surface area contributed by atoms with Gasteiger partial charge in [0.15, 0.2) is 6.10 Å². The van der Waals surface area contributed by atoms with E-state index in [0.717, 1.165) is 21.4 Å². The van der Waals surface area contributed by atoms with Gasteiger partial charge in [-0.3, -0.25) is 19.3 Å². The maximum absolute atomic E-state index is 14.3. The summed E-state index contributed by atoms with van der Waals surface area (Å²) in [7, 11) is 0. The van der Waals surface area contributed by atoms with Gasteiger partial charge in [0, 0.05) is 10.7 Å². The van der Waals surface area contributed by atoms with Crippen molar-refractivity contribution in [2.45, 2.75) is 28.1 Å². The number of thiophene rings is 1. The molecule has 4 heterocycles. The van der Waals surface area contributed by atoms with Crippen molar-refractivity contribution in [1.29, 1.82) is 0 Å². The average molecular weight is 717 g/mol. The van der Waals surface area contributed by atoms with Crippen LogP contribution in [0.4, 0.5) is 0 Å². The maximum Gasteiger partial charge on any atom is 0.356 e. The Bertz CT molecular complexity index is 2030. The molecule has 2 atom stereocenters. The van der Waals surface area contributed by atoms with E-state index < -0.39 is 29.4 Å². The van der Waals surface area contributed by atoms with Crippen LogP contribution in [0.15, 0.2) is 122 Å². The zero-order valence-corrected chi connectivity index (χ0v) is 28.5. The summed E-state index contributed by atoms with van der Waals surface area (Å²) in [4.78, 5) is 56.0. The molecular weight excluding hydrogens is 692 g/mol. The Balaban J connectivity index is 1.23. The molecule has 7 rings (SSSR count). The Morgan fingerprint density at radius 1 is 0.936 bits per heavy atom. The normalized spacial score (nSPS) is 17.4. The van der Waals surface area contributed by atoms with E-state index in [9.17, 15) is 19.2 Å². The van der Waals surface area contributed by atoms with Crippen molar-refractivity contribution in [3.05, 3.63) is 145 Å². The quantitative estimate of drug-likeness (QED) is 0.127. The van der Waals surface area contributed by atoms with Crippen molar-refractivity contribution in [1.82, 2.24) is 10.2 Å². The molecule has 7 nitrogen and oxygen atoms in total. The minimum Gasteiger partial charge on any atom is -0.448 e. The first kappa shape index (κ1) is 31.7. The minimum absolute atomic E-state index is 0.0785. The number of rotatable bonds is 9. The van der Waals surface area contributed by atoms with Crippen molar-refractivity contribution in [2.24, 2.45) is 0 Å². The average Bonchev–Trinajstić information content (AvgIpc) is 3.58. The van der Waals surface area contributed by atoms with Crippen molar-refractivity contribution >= 4 is 85.0 Å². The molecule has 2 amide bonds. The van der Waals surface area contributed by atoms with Crippen molar-refractivity contribution in [3.8, 4) is 0 Å². The number of hydrogen-bond acceptors (Lipinski definition) is 9. The molecular formula is C35H25ClN2O5S4. The van der Waals surface area contributed by atoms with Gasteiger partial charge in [0.1, 0.15) is 22.1 Å². The second-order valence-corrected chi connectivity index (χ2v) is 15.6. The van der Waals surface area contributed by atoms with Crippen LogP contribution >= 0.6 is 57.8 Å². The number of benzene rings is 3. The van der Waals surface area contributed by atoms with Crippen LogP contribution in [-0.4, -0.2) is 39.9 Å². The Kier molecular flexibility index (Phi) is 9.24. The summed E-state index contributed by atoms with van der Waals surface area (Å²) in [6, 6.07) is 29.2. The predicted molar refractivity (Wildman–Crippen MR) is 190 cm³/mol. The van der Waals surface area contributed by atoms with Gasteiger partial charge < -0.3 is 10.1 Å². The Labute approximate surface area is 291 Å². The van der Waals surface area contributed by atoms with Gasteiger partial charge in [-0.1, -0.05) is 114 Å². The standard InChI is InChI=1S/C35H25ClN2O5S4/c36-26-29(40)31-23(16-17-44-31)46-35(26)47-24-19-45-33-27(37-25(39)18-20-10-4-1-5-11-20)32(41)38(33)28(24)34(42)43-30(21-12-6-2-7-13-21)22-14-8-3-9-15-22/h1-17,27,30,33H,18-19H2,(H,37,39)/t27?,33-/m0/s1. The number of nitrogens with one attached hydrogen (secondary N) is 1. The minimum atomic E-state index is -0.800. The summed E-state index contributed by atoms with van der Waals surface area (Å²) < 4.78 is 8.16. The highest BCUT2D eigenvalue weighted by Crippen LogP contribution is 2.48. The number of nitrogens with zero attached hydrogens (tertiary/aromatic N) is 1. The van der Waals surface area contributed by atoms with Crippen LogP contribution < -0.4 is 10.7 Å². The molecule has 1 N–H and O–H groups in total. The number of hydrogen-bond donors (Lipinski definition) is 1. The predicted octanol–water partition coefficient (Wildman–Crippen LogP) is 7.26. The molecule has 1 fully saturated rings. The number of halogens is 1. The number of carbonyl (C=O) groups excluding carboxylic acids is 3. The summed E-state index contributed by atoms with van der Waals surface area (Å²) >= 11 is 11.9. The fraction of sp³-hybridized carbons (Fsp3) is 0.143. The SMILES string of the molecule is O=C(Cc1ccccc1)NC1C(=O)N2C(C(=O)OC(c3ccccc3)c3ccccc3)=C(Sc3sc4ccsc4c(=O)c3Cl)CS[C@@H]12. The molecule has 47 heavy (non-hydrogen) atoms. The van der Waals surface area contributed by atoms with Gasteiger partial charge in [-0.25, -0.2) is 4.79 Å². The maximum atomic E-state index is 14.3. The fourth-order valence-corrected chi connectivity index (χ4v) is 10.7. The van der Waals surface area contributed by atoms with Crippen LogP contribution in [0, 0.1) is 0 Å². The molecule has 0 saturated carbocycles. The highest BCUT2D eigenvalue weighted by molar-refractivity contribution is 8.07. The first-order valence-corrected chi connectivity index (χ1v) is 18.5. The lowest BCUT2D eigenvalue weighted by molar-refractivity contribution is -0.154. The molecule has 12 heteroatoms. The molecule has 0 aliphatic carbocycles. The van der Waals surface area contributed by atoms with Crippen LogP contribution in [0.3, 0.4) is 0 Å². The number of β-lactam (4-membered cyclic amide) rings is 1. The molecule has 0 bridgehead atoms. The highest BCUT2D eigenvalue weighted by atomic mass is 35.5. The van der Waals surface area contributed by atoms with Gasteiger partial charge in [-0.2, -0.15) is 0 Å². The number of carbonyl (C=O) groups is 3. The summed E-state index contributed by atoms with van der Waals surface area (Å²) in [5.74, 6) is -1.03. The Hall–Kier alpha value is -3.87. The lowest BCUT2D eigenvalue weighted by Crippen LogP contribution is -2.70. The highest BCUT2D eigenvalue weighted by Gasteiger charge is 2.55. The van der Waals surface area contributed by atoms with E-state index in [1.165, 1.54) is 51.1 Å². The number of ether oxygens (including phenoxy) is 1. The Morgan fingerprint density at radius 2 is 1.57 bits per heavy atom. The van der Waals surface area contributed by atoms with Crippen LogP contribution in [0.5, 0.6) is 0 Å². The fourth-order valence-electron chi connectivity index (χ4n) is 5.47. The molecule has 236 valence electrons. The van der Waals surface area contributed by atoms with Gasteiger partial charge in [0.2, 0.25) is 11.3 Å². The van der Waals surface area contributed by atoms with Gasteiger partial charge in [-0.05, 0) is 28.1 Å². The lowest BCUT2D eigenvalue weighted by Gasteiger charge is -2.49. The third-order valence-electron chi connectivity index (χ3n) is 7.71. The van der Waals surface area contributed by atoms with Crippen LogP contribution in [0.1, 0.15) is 22.8 Å². The zero-order chi connectivity index (χ0) is 32.5. The summed E-state index contributed by atoms with van der Waals surface area (Å²) in [5.41, 5.74) is 2.20. The topological polar surface area (TPSA) is 92.8 Å². The van der Waals surface area contributed by atoms with Crippen molar-refractivity contribution < 1.29 is 19.1 Å². The van der Waals surface area contributed by atoms with Gasteiger partial charge in [0.25, 0.3) is 5.91 Å². The Morgan fingerprint density at radius 3 is 2.23 bits per heavy atom. The van der Waals surface area contributed by atoms with Gasteiger partial charge >= 0.3 is 5.97 Å². The zero-order valence-electron chi connectivity index (χ0n) is 24.5. The monoisotopic (exact) mass is 716 g/mol. The van der Waals surface area contributed by atoms with E-state index in [4.69, 9.17) is 16.3 Å². The summed E-state index contributed by atoms with van der Waals surface area (Å²) in [6.07, 6.45) is -0.608. The molecule has 1 unspecified atom stereocenters. The van der Waals surface area contributed by atoms with Gasteiger partial charge in [0.05, 0.1) is 20.0 Å². The van der Waals surface area contributed by atoms with Gasteiger partial charge in [-0.15, -0.1) is 34.4 Å². The van der Waals surface area contributed by atoms with E-state index in [1.807, 2.05) is 102 Å². The van der Waals surface area contributed by atoms with Crippen molar-refractivity contribution in [2.75, 3.05) is 5.75 Å². The van der Waals surface area contributed by atoms with Crippen molar-refractivity contribution in [3.63, 3.8) is 0 Å². The lowest BCUT2D eigenvalue weighted by atomic mass is 10.0. The van der Waals surface area contributed by atoms with E-state index in [2.05, 4.69) is 5.32 Å². The number of esters is 1. The smallest absolute Gasteiger partial charge is 0.356 e. The summed E-state index contributed by atoms with van der Waals surface area (Å²) in [5, 5.41) is 4.29. The second kappa shape index (κ2) is 13.7. The largest absolute Gasteiger partial charge is 0.448 e. The molecule has 1 saturated heterocycles. The van der Waals surface area contributed by atoms with Crippen LogP contribution in [0.25, 0.3) is 9.40 Å². The van der Waals surface area contributed by atoms with E-state index in [0.29, 0.717) is 19.6 Å². The number of thioether (sulfide) groups is 2. The van der Waals surface area contributed by atoms with E-state index >= 15 is 0 Å². The molecule has 3 aromatic carbocycles. The molecule has 5 aromatic rings. The molecule has 0 radical (unpaired) electrons. The third kappa shape index (κ3) is 6.38. The number of fused-ring (bicyclic) bond motifs is 2. The van der Waals surface area contributed by atoms with Crippen LogP contribution in [0.2, 0.25) is 5.02 Å². The summed E-state index contributed by atoms with van der Waals surface area (Å²) in [6.45, 7) is 0. The second-order valence-electron chi connectivity index (χ2n) is 10.7. The first-order valence-electron chi connectivity index (χ1n) is 14.6. The number of amides is 2. The molecule has 0 spiro atoms.